The van der Waals surface area contributed by atoms with Crippen LogP contribution in [0.5, 0.6) is 0 Å². The van der Waals surface area contributed by atoms with Crippen molar-refractivity contribution in [2.45, 2.75) is 50.2 Å². The monoisotopic (exact) mass is 365 g/mol. The van der Waals surface area contributed by atoms with Crippen molar-refractivity contribution < 1.29 is 17.9 Å². The molecule has 1 fully saturated rings. The van der Waals surface area contributed by atoms with E-state index in [2.05, 4.69) is 10.2 Å². The van der Waals surface area contributed by atoms with Gasteiger partial charge in [-0.05, 0) is 45.7 Å². The number of carbonyl (C=O) groups is 1. The number of nitrogens with zero attached hydrogens (tertiary/aromatic N) is 2. The highest BCUT2D eigenvalue weighted by molar-refractivity contribution is 7.89. The fourth-order valence-electron chi connectivity index (χ4n) is 2.58. The van der Waals surface area contributed by atoms with Gasteiger partial charge in [0.25, 0.3) is 0 Å². The fraction of sp³-hybridized carbons (Fsp3) is 0.529. The van der Waals surface area contributed by atoms with Gasteiger partial charge in [-0.3, -0.25) is 0 Å². The van der Waals surface area contributed by atoms with Gasteiger partial charge in [-0.1, -0.05) is 12.1 Å². The summed E-state index contributed by atoms with van der Waals surface area (Å²) < 4.78 is 32.0. The van der Waals surface area contributed by atoms with Crippen LogP contribution >= 0.6 is 0 Å². The Morgan fingerprint density at radius 1 is 1.32 bits per heavy atom. The topological polar surface area (TPSA) is 80.1 Å². The molecule has 1 aliphatic rings. The van der Waals surface area contributed by atoms with Crippen LogP contribution in [0.3, 0.4) is 0 Å². The molecule has 0 aliphatic carbocycles. The molecule has 2 rings (SSSR count). The third kappa shape index (κ3) is 5.18. The number of alkyl carbamates (subject to hydrolysis) is 1. The van der Waals surface area contributed by atoms with Crippen LogP contribution in [0.25, 0.3) is 4.85 Å². The van der Waals surface area contributed by atoms with E-state index in [9.17, 15) is 13.2 Å². The van der Waals surface area contributed by atoms with Crippen molar-refractivity contribution in [3.05, 3.63) is 35.7 Å². The molecule has 1 aliphatic heterocycles. The number of hydrogen-bond acceptors (Lipinski definition) is 4. The summed E-state index contributed by atoms with van der Waals surface area (Å²) in [7, 11) is -3.63. The van der Waals surface area contributed by atoms with Crippen LogP contribution in [0.1, 0.15) is 33.6 Å². The van der Waals surface area contributed by atoms with Gasteiger partial charge in [0.2, 0.25) is 10.0 Å². The second-order valence-corrected chi connectivity index (χ2v) is 8.87. The summed E-state index contributed by atoms with van der Waals surface area (Å²) in [5, 5.41) is 2.78. The highest BCUT2D eigenvalue weighted by atomic mass is 32.2. The largest absolute Gasteiger partial charge is 0.444 e. The number of ether oxygens (including phenoxy) is 1. The molecule has 136 valence electrons. The first-order chi connectivity index (χ1) is 11.6. The lowest BCUT2D eigenvalue weighted by atomic mass is 10.1. The van der Waals surface area contributed by atoms with E-state index in [1.165, 1.54) is 16.4 Å². The third-order valence-electron chi connectivity index (χ3n) is 3.76. The summed E-state index contributed by atoms with van der Waals surface area (Å²) in [6.07, 6.45) is 0.542. The second-order valence-electron chi connectivity index (χ2n) is 6.93. The Hall–Kier alpha value is -2.11. The Balaban J connectivity index is 1.97. The molecule has 0 unspecified atom stereocenters. The molecule has 0 aromatic heterocycles. The summed E-state index contributed by atoms with van der Waals surface area (Å²) in [6.45, 7) is 13.0. The van der Waals surface area contributed by atoms with Crippen LogP contribution in [-0.4, -0.2) is 43.5 Å². The summed E-state index contributed by atoms with van der Waals surface area (Å²) in [5.74, 6) is 0. The minimum Gasteiger partial charge on any atom is -0.444 e. The molecule has 25 heavy (non-hydrogen) atoms. The summed E-state index contributed by atoms with van der Waals surface area (Å²) in [5.41, 5.74) is -0.273. The number of amides is 1. The van der Waals surface area contributed by atoms with Gasteiger partial charge in [-0.15, -0.1) is 0 Å². The van der Waals surface area contributed by atoms with E-state index in [-0.39, 0.29) is 10.9 Å². The minimum atomic E-state index is -3.63. The van der Waals surface area contributed by atoms with Crippen LogP contribution in [-0.2, 0) is 14.8 Å². The standard InChI is InChI=1S/C17H23N3O4S/c1-17(2,3)24-16(21)19-13-8-10-20(11-9-13)25(22,23)15-7-5-6-14(12-15)18-4/h5-7,12-13H,8-11H2,1-3H3,(H,19,21). The van der Waals surface area contributed by atoms with E-state index in [1.54, 1.807) is 32.9 Å². The van der Waals surface area contributed by atoms with E-state index in [1.807, 2.05) is 0 Å². The molecule has 1 aromatic carbocycles. The van der Waals surface area contributed by atoms with Crippen LogP contribution in [0, 0.1) is 6.57 Å². The quantitative estimate of drug-likeness (QED) is 0.835. The van der Waals surface area contributed by atoms with Crippen molar-refractivity contribution in [3.8, 4) is 0 Å². The van der Waals surface area contributed by atoms with E-state index < -0.39 is 21.7 Å². The molecule has 1 N–H and O–H groups in total. The first kappa shape index (κ1) is 19.2. The average Bonchev–Trinajstić information content (AvgIpc) is 2.53. The number of piperidine rings is 1. The van der Waals surface area contributed by atoms with Crippen molar-refractivity contribution in [1.29, 1.82) is 0 Å². The maximum absolute atomic E-state index is 12.7. The number of nitrogens with one attached hydrogen (secondary N) is 1. The molecule has 0 bridgehead atoms. The first-order valence-electron chi connectivity index (χ1n) is 8.09. The van der Waals surface area contributed by atoms with E-state index >= 15 is 0 Å². The third-order valence-corrected chi connectivity index (χ3v) is 5.65. The van der Waals surface area contributed by atoms with Crippen LogP contribution < -0.4 is 5.32 Å². The number of benzene rings is 1. The summed E-state index contributed by atoms with van der Waals surface area (Å²) >= 11 is 0. The van der Waals surface area contributed by atoms with Gasteiger partial charge >= 0.3 is 6.09 Å². The lowest BCUT2D eigenvalue weighted by Gasteiger charge is -2.32. The molecule has 0 radical (unpaired) electrons. The predicted molar refractivity (Wildman–Crippen MR) is 93.9 cm³/mol. The van der Waals surface area contributed by atoms with Gasteiger partial charge < -0.3 is 10.1 Å². The Kier molecular flexibility index (Phi) is 5.70. The van der Waals surface area contributed by atoms with Crippen molar-refractivity contribution in [1.82, 2.24) is 9.62 Å². The molecule has 0 saturated carbocycles. The SMILES string of the molecule is [C-]#[N+]c1cccc(S(=O)(=O)N2CCC(NC(=O)OC(C)(C)C)CC2)c1. The van der Waals surface area contributed by atoms with Gasteiger partial charge in [0.05, 0.1) is 11.5 Å². The highest BCUT2D eigenvalue weighted by Gasteiger charge is 2.30. The lowest BCUT2D eigenvalue weighted by Crippen LogP contribution is -2.47. The lowest BCUT2D eigenvalue weighted by molar-refractivity contribution is 0.0489. The van der Waals surface area contributed by atoms with E-state index in [4.69, 9.17) is 11.3 Å². The van der Waals surface area contributed by atoms with E-state index in [0.717, 1.165) is 0 Å². The number of sulfonamides is 1. The zero-order valence-electron chi connectivity index (χ0n) is 14.7. The fourth-order valence-corrected chi connectivity index (χ4v) is 4.09. The molecule has 1 amide bonds. The predicted octanol–water partition coefficient (Wildman–Crippen LogP) is 2.92. The first-order valence-corrected chi connectivity index (χ1v) is 9.53. The van der Waals surface area contributed by atoms with Crippen LogP contribution in [0.4, 0.5) is 10.5 Å². The summed E-state index contributed by atoms with van der Waals surface area (Å²) in [4.78, 5) is 15.2. The second kappa shape index (κ2) is 7.42. The molecule has 0 spiro atoms. The van der Waals surface area contributed by atoms with Crippen molar-refractivity contribution in [2.75, 3.05) is 13.1 Å². The molecular weight excluding hydrogens is 342 g/mol. The molecule has 7 nitrogen and oxygen atoms in total. The molecule has 1 saturated heterocycles. The Morgan fingerprint density at radius 2 is 1.96 bits per heavy atom. The smallest absolute Gasteiger partial charge is 0.407 e. The average molecular weight is 365 g/mol. The molecule has 1 heterocycles. The zero-order chi connectivity index (χ0) is 18.7. The number of hydrogen-bond donors (Lipinski definition) is 1. The zero-order valence-corrected chi connectivity index (χ0v) is 15.5. The van der Waals surface area contributed by atoms with Crippen molar-refractivity contribution >= 4 is 21.8 Å². The van der Waals surface area contributed by atoms with Crippen molar-refractivity contribution in [3.63, 3.8) is 0 Å². The van der Waals surface area contributed by atoms with Crippen molar-refractivity contribution in [2.24, 2.45) is 0 Å². The minimum absolute atomic E-state index is 0.115. The van der Waals surface area contributed by atoms with Gasteiger partial charge in [-0.25, -0.2) is 18.1 Å². The maximum Gasteiger partial charge on any atom is 0.407 e. The van der Waals surface area contributed by atoms with Crippen LogP contribution in [0.15, 0.2) is 29.2 Å². The molecule has 0 atom stereocenters. The summed E-state index contributed by atoms with van der Waals surface area (Å²) in [6, 6.07) is 5.90. The van der Waals surface area contributed by atoms with E-state index in [0.29, 0.717) is 31.6 Å². The molecular formula is C17H23N3O4S. The van der Waals surface area contributed by atoms with Crippen LogP contribution in [0.2, 0.25) is 0 Å². The molecule has 8 heteroatoms. The van der Waals surface area contributed by atoms with Gasteiger partial charge in [0, 0.05) is 19.1 Å². The Bertz CT molecular complexity index is 770. The van der Waals surface area contributed by atoms with Gasteiger partial charge in [-0.2, -0.15) is 4.31 Å². The Morgan fingerprint density at radius 3 is 2.52 bits per heavy atom. The Labute approximate surface area is 148 Å². The normalized spacial score (nSPS) is 16.9. The van der Waals surface area contributed by atoms with Gasteiger partial charge in [0.15, 0.2) is 5.69 Å². The number of carbonyl (C=O) groups excluding carboxylic acids is 1. The van der Waals surface area contributed by atoms with Gasteiger partial charge in [0.1, 0.15) is 5.60 Å². The maximum atomic E-state index is 12.7. The highest BCUT2D eigenvalue weighted by Crippen LogP contribution is 2.24. The molecule has 1 aromatic rings. The number of rotatable bonds is 3.